The molecule has 3 rings (SSSR count). The zero-order chi connectivity index (χ0) is 15.9. The molecular formula is C18H12O4. The van der Waals surface area contributed by atoms with E-state index in [9.17, 15) is 19.5 Å². The molecule has 22 heavy (non-hydrogen) atoms. The third kappa shape index (κ3) is 2.15. The highest BCUT2D eigenvalue weighted by molar-refractivity contribution is 6.51. The van der Waals surface area contributed by atoms with Gasteiger partial charge in [-0.2, -0.15) is 0 Å². The minimum absolute atomic E-state index is 0.108. The summed E-state index contributed by atoms with van der Waals surface area (Å²) < 4.78 is 0. The van der Waals surface area contributed by atoms with E-state index in [1.807, 2.05) is 0 Å². The monoisotopic (exact) mass is 292 g/mol. The van der Waals surface area contributed by atoms with Gasteiger partial charge in [-0.3, -0.25) is 14.4 Å². The van der Waals surface area contributed by atoms with Gasteiger partial charge in [-0.15, -0.1) is 0 Å². The van der Waals surface area contributed by atoms with Crippen LogP contribution in [0.5, 0.6) is 5.75 Å². The molecule has 4 heteroatoms. The molecule has 0 amide bonds. The highest BCUT2D eigenvalue weighted by Crippen LogP contribution is 2.32. The number of allylic oxidation sites excluding steroid dienone is 1. The lowest BCUT2D eigenvalue weighted by atomic mass is 9.85. The van der Waals surface area contributed by atoms with E-state index in [-0.39, 0.29) is 17.1 Å². The van der Waals surface area contributed by atoms with Gasteiger partial charge >= 0.3 is 0 Å². The standard InChI is InChI=1S/C18H12O4/c1-10(19)14-8-11(6-7-16(14)20)15-9-17(21)18(22)13-5-3-2-4-12(13)15/h2-9,20H,1H3. The van der Waals surface area contributed by atoms with Crippen molar-refractivity contribution < 1.29 is 19.5 Å². The minimum atomic E-state index is -0.592. The largest absolute Gasteiger partial charge is 0.507 e. The zero-order valence-electron chi connectivity index (χ0n) is 11.8. The molecule has 0 aliphatic heterocycles. The quantitative estimate of drug-likeness (QED) is 0.682. The summed E-state index contributed by atoms with van der Waals surface area (Å²) in [5.74, 6) is -1.51. The second-order valence-corrected chi connectivity index (χ2v) is 5.09. The minimum Gasteiger partial charge on any atom is -0.507 e. The highest BCUT2D eigenvalue weighted by Gasteiger charge is 2.26. The molecule has 1 aliphatic rings. The summed E-state index contributed by atoms with van der Waals surface area (Å²) in [4.78, 5) is 35.4. The van der Waals surface area contributed by atoms with Crippen molar-refractivity contribution in [3.05, 3.63) is 70.8 Å². The van der Waals surface area contributed by atoms with Gasteiger partial charge in [0.2, 0.25) is 11.6 Å². The predicted octanol–water partition coefficient (Wildman–Crippen LogP) is 2.79. The first-order chi connectivity index (χ1) is 10.5. The van der Waals surface area contributed by atoms with Crippen LogP contribution in [0.4, 0.5) is 0 Å². The van der Waals surface area contributed by atoms with Gasteiger partial charge in [0.25, 0.3) is 0 Å². The third-order valence-corrected chi connectivity index (χ3v) is 3.65. The number of carbonyl (C=O) groups excluding carboxylic acids is 3. The Morgan fingerprint density at radius 3 is 2.36 bits per heavy atom. The Balaban J connectivity index is 2.22. The first-order valence-corrected chi connectivity index (χ1v) is 6.73. The fourth-order valence-electron chi connectivity index (χ4n) is 2.55. The first kappa shape index (κ1) is 13.9. The van der Waals surface area contributed by atoms with E-state index in [0.29, 0.717) is 22.3 Å². The number of fused-ring (bicyclic) bond motifs is 1. The van der Waals surface area contributed by atoms with Crippen LogP contribution in [-0.4, -0.2) is 22.5 Å². The van der Waals surface area contributed by atoms with Crippen LogP contribution in [0.3, 0.4) is 0 Å². The molecule has 0 heterocycles. The van der Waals surface area contributed by atoms with Gasteiger partial charge in [0.05, 0.1) is 5.56 Å². The number of hydrogen-bond donors (Lipinski definition) is 1. The van der Waals surface area contributed by atoms with Gasteiger partial charge in [-0.25, -0.2) is 0 Å². The third-order valence-electron chi connectivity index (χ3n) is 3.65. The molecule has 1 N–H and O–H groups in total. The number of hydrogen-bond acceptors (Lipinski definition) is 4. The molecule has 0 fully saturated rings. The van der Waals surface area contributed by atoms with Crippen molar-refractivity contribution in [3.8, 4) is 5.75 Å². The molecule has 2 aromatic carbocycles. The highest BCUT2D eigenvalue weighted by atomic mass is 16.3. The summed E-state index contributed by atoms with van der Waals surface area (Å²) >= 11 is 0. The Hall–Kier alpha value is -3.01. The average molecular weight is 292 g/mol. The Morgan fingerprint density at radius 2 is 1.68 bits per heavy atom. The van der Waals surface area contributed by atoms with Crippen molar-refractivity contribution in [1.29, 1.82) is 0 Å². The van der Waals surface area contributed by atoms with Crippen molar-refractivity contribution in [3.63, 3.8) is 0 Å². The molecule has 108 valence electrons. The van der Waals surface area contributed by atoms with Crippen LogP contribution in [0, 0.1) is 0 Å². The number of rotatable bonds is 2. The molecule has 0 atom stereocenters. The normalized spacial score (nSPS) is 13.6. The van der Waals surface area contributed by atoms with E-state index in [1.54, 1.807) is 30.3 Å². The van der Waals surface area contributed by atoms with Crippen LogP contribution in [0.25, 0.3) is 5.57 Å². The lowest BCUT2D eigenvalue weighted by Crippen LogP contribution is -2.18. The smallest absolute Gasteiger partial charge is 0.233 e. The van der Waals surface area contributed by atoms with Crippen LogP contribution >= 0.6 is 0 Å². The summed E-state index contributed by atoms with van der Waals surface area (Å²) in [6, 6.07) is 11.4. The lowest BCUT2D eigenvalue weighted by molar-refractivity contribution is -0.111. The molecule has 0 bridgehead atoms. The fraction of sp³-hybridized carbons (Fsp3) is 0.0556. The molecule has 0 spiro atoms. The van der Waals surface area contributed by atoms with E-state index >= 15 is 0 Å². The Bertz CT molecular complexity index is 859. The molecule has 0 saturated carbocycles. The van der Waals surface area contributed by atoms with Crippen molar-refractivity contribution in [2.45, 2.75) is 6.92 Å². The van der Waals surface area contributed by atoms with Crippen molar-refractivity contribution in [2.75, 3.05) is 0 Å². The zero-order valence-corrected chi connectivity index (χ0v) is 11.8. The molecular weight excluding hydrogens is 280 g/mol. The second-order valence-electron chi connectivity index (χ2n) is 5.09. The van der Waals surface area contributed by atoms with E-state index in [4.69, 9.17) is 0 Å². The van der Waals surface area contributed by atoms with Crippen LogP contribution in [0.2, 0.25) is 0 Å². The number of benzene rings is 2. The maximum absolute atomic E-state index is 11.9. The Labute approximate surface area is 126 Å². The van der Waals surface area contributed by atoms with E-state index in [0.717, 1.165) is 0 Å². The number of ketones is 3. The number of carbonyl (C=O) groups is 3. The molecule has 2 aromatic rings. The first-order valence-electron chi connectivity index (χ1n) is 6.73. The Kier molecular flexibility index (Phi) is 3.22. The van der Waals surface area contributed by atoms with Crippen LogP contribution in [0.1, 0.15) is 38.8 Å². The second kappa shape index (κ2) is 5.07. The number of phenolic OH excluding ortho intramolecular Hbond substituents is 1. The topological polar surface area (TPSA) is 71.4 Å². The van der Waals surface area contributed by atoms with Gasteiger partial charge in [0.15, 0.2) is 5.78 Å². The number of Topliss-reactive ketones (excluding diaryl/α,β-unsaturated/α-hetero) is 2. The molecule has 4 nitrogen and oxygen atoms in total. The molecule has 1 aliphatic carbocycles. The van der Waals surface area contributed by atoms with Gasteiger partial charge in [0.1, 0.15) is 5.75 Å². The van der Waals surface area contributed by atoms with Gasteiger partial charge < -0.3 is 5.11 Å². The van der Waals surface area contributed by atoms with E-state index in [2.05, 4.69) is 0 Å². The summed E-state index contributed by atoms with van der Waals surface area (Å²) in [5.41, 5.74) is 2.36. The van der Waals surface area contributed by atoms with Crippen molar-refractivity contribution in [2.24, 2.45) is 0 Å². The number of phenols is 1. The van der Waals surface area contributed by atoms with Crippen molar-refractivity contribution in [1.82, 2.24) is 0 Å². The maximum Gasteiger partial charge on any atom is 0.233 e. The summed E-state index contributed by atoms with van der Waals surface area (Å²) in [6.45, 7) is 1.36. The lowest BCUT2D eigenvalue weighted by Gasteiger charge is -2.17. The summed E-state index contributed by atoms with van der Waals surface area (Å²) in [6.07, 6.45) is 1.28. The predicted molar refractivity (Wildman–Crippen MR) is 81.0 cm³/mol. The summed E-state index contributed by atoms with van der Waals surface area (Å²) in [5, 5.41) is 9.73. The van der Waals surface area contributed by atoms with Crippen molar-refractivity contribution >= 4 is 22.9 Å². The molecule has 0 unspecified atom stereocenters. The van der Waals surface area contributed by atoms with Gasteiger partial charge in [0, 0.05) is 5.56 Å². The Morgan fingerprint density at radius 1 is 1.00 bits per heavy atom. The van der Waals surface area contributed by atoms with Crippen LogP contribution < -0.4 is 0 Å². The molecule has 0 radical (unpaired) electrons. The van der Waals surface area contributed by atoms with Gasteiger partial charge in [-0.05, 0) is 41.8 Å². The molecule has 0 aromatic heterocycles. The fourth-order valence-corrected chi connectivity index (χ4v) is 2.55. The van der Waals surface area contributed by atoms with Crippen LogP contribution in [0.15, 0.2) is 48.5 Å². The average Bonchev–Trinajstić information content (AvgIpc) is 2.51. The SMILES string of the molecule is CC(=O)c1cc(C2=CC(=O)C(=O)c3ccccc32)ccc1O. The number of aromatic hydroxyl groups is 1. The molecule has 0 saturated heterocycles. The summed E-state index contributed by atoms with van der Waals surface area (Å²) in [7, 11) is 0. The van der Waals surface area contributed by atoms with E-state index < -0.39 is 11.6 Å². The maximum atomic E-state index is 11.9. The van der Waals surface area contributed by atoms with E-state index in [1.165, 1.54) is 25.1 Å². The van der Waals surface area contributed by atoms with Crippen LogP contribution in [-0.2, 0) is 4.79 Å². The van der Waals surface area contributed by atoms with Gasteiger partial charge in [-0.1, -0.05) is 30.3 Å².